The molecule has 0 radical (unpaired) electrons. The van der Waals surface area contributed by atoms with Crippen LogP contribution >= 0.6 is 0 Å². The molecule has 0 aliphatic rings. The predicted molar refractivity (Wildman–Crippen MR) is 161 cm³/mol. The van der Waals surface area contributed by atoms with Gasteiger partial charge in [0.25, 0.3) is 16.8 Å². The minimum Gasteiger partial charge on any atom is -0.508 e. The van der Waals surface area contributed by atoms with E-state index >= 15 is 0 Å². The fourth-order valence-electron chi connectivity index (χ4n) is 4.41. The molecule has 0 fully saturated rings. The van der Waals surface area contributed by atoms with Crippen molar-refractivity contribution in [1.29, 1.82) is 0 Å². The highest BCUT2D eigenvalue weighted by Crippen LogP contribution is 2.28. The molecule has 0 aliphatic carbocycles. The first-order valence-electron chi connectivity index (χ1n) is 13.1. The van der Waals surface area contributed by atoms with Gasteiger partial charge >= 0.3 is 0 Å². The molecule has 11 nitrogen and oxygen atoms in total. The number of likely N-dealkylation sites (N-methyl/N-ethyl adjacent to an activating group) is 1. The number of phenols is 1. The summed E-state index contributed by atoms with van der Waals surface area (Å²) in [4.78, 5) is 39.7. The summed E-state index contributed by atoms with van der Waals surface area (Å²) in [6, 6.07) is 19.3. The molecule has 0 atom stereocenters. The minimum absolute atomic E-state index is 0.115. The van der Waals surface area contributed by atoms with Crippen LogP contribution in [0.4, 0.5) is 22.9 Å². The second kappa shape index (κ2) is 12.0. The van der Waals surface area contributed by atoms with Crippen LogP contribution in [0.1, 0.15) is 21.5 Å². The Hall–Kier alpha value is -5.00. The highest BCUT2D eigenvalue weighted by Gasteiger charge is 2.21. The Balaban J connectivity index is 1.28. The highest BCUT2D eigenvalue weighted by molar-refractivity contribution is 6.08. The van der Waals surface area contributed by atoms with E-state index in [4.69, 9.17) is 0 Å². The average molecular weight is 554 g/mol. The van der Waals surface area contributed by atoms with Gasteiger partial charge in [0.05, 0.1) is 5.52 Å². The van der Waals surface area contributed by atoms with Crippen LogP contribution in [0.5, 0.6) is 5.75 Å². The summed E-state index contributed by atoms with van der Waals surface area (Å²) >= 11 is 0. The Morgan fingerprint density at radius 1 is 0.927 bits per heavy atom. The molecule has 6 N–H and O–H groups in total. The van der Waals surface area contributed by atoms with E-state index in [9.17, 15) is 19.5 Å². The molecule has 1 amide bonds. The smallest absolute Gasteiger partial charge is 0.256 e. The lowest BCUT2D eigenvalue weighted by Crippen LogP contribution is -2.36. The third-order valence-electron chi connectivity index (χ3n) is 6.61. The van der Waals surface area contributed by atoms with Crippen LogP contribution in [-0.4, -0.2) is 53.3 Å². The molecule has 0 unspecified atom stereocenters. The molecule has 0 saturated heterocycles. The Morgan fingerprint density at radius 3 is 2.46 bits per heavy atom. The van der Waals surface area contributed by atoms with Crippen molar-refractivity contribution in [2.45, 2.75) is 13.1 Å². The molecule has 1 aromatic heterocycles. The van der Waals surface area contributed by atoms with Crippen molar-refractivity contribution < 1.29 is 9.90 Å². The number of aromatic hydroxyl groups is 1. The number of nitrogens with zero attached hydrogens (tertiary/aromatic N) is 2. The molecule has 1 heterocycles. The number of amides is 1. The molecule has 210 valence electrons. The van der Waals surface area contributed by atoms with Crippen LogP contribution in [0.3, 0.4) is 0 Å². The molecule has 4 aromatic carbocycles. The Labute approximate surface area is 235 Å². The highest BCUT2D eigenvalue weighted by atomic mass is 16.3. The summed E-state index contributed by atoms with van der Waals surface area (Å²) in [7, 11) is 4.04. The molecule has 0 aliphatic heterocycles. The molecule has 0 saturated carbocycles. The van der Waals surface area contributed by atoms with Crippen molar-refractivity contribution in [3.63, 3.8) is 0 Å². The van der Waals surface area contributed by atoms with E-state index in [1.54, 1.807) is 48.5 Å². The van der Waals surface area contributed by atoms with Gasteiger partial charge in [-0.3, -0.25) is 19.5 Å². The van der Waals surface area contributed by atoms with Gasteiger partial charge < -0.3 is 31.3 Å². The van der Waals surface area contributed by atoms with Crippen LogP contribution in [0, 0.1) is 0 Å². The fraction of sp³-hybridized carbons (Fsp3) is 0.200. The van der Waals surface area contributed by atoms with Gasteiger partial charge in [0, 0.05) is 42.8 Å². The number of rotatable bonds is 12. The average Bonchev–Trinajstić information content (AvgIpc) is 3.36. The van der Waals surface area contributed by atoms with Gasteiger partial charge in [0.15, 0.2) is 5.82 Å². The number of fused-ring (bicyclic) bond motifs is 1. The number of nitrogens with one attached hydrogen (secondary N) is 5. The molecule has 11 heteroatoms. The van der Waals surface area contributed by atoms with Crippen LogP contribution in [-0.2, 0) is 13.1 Å². The Morgan fingerprint density at radius 2 is 1.68 bits per heavy atom. The number of aromatic nitrogens is 2. The van der Waals surface area contributed by atoms with Gasteiger partial charge in [-0.25, -0.2) is 0 Å². The van der Waals surface area contributed by atoms with E-state index in [1.807, 2.05) is 32.3 Å². The zero-order valence-electron chi connectivity index (χ0n) is 22.7. The normalized spacial score (nSPS) is 11.3. The van der Waals surface area contributed by atoms with Gasteiger partial charge in [-0.15, -0.1) is 0 Å². The number of aromatic amines is 1. The number of H-pyrrole nitrogens is 1. The first kappa shape index (κ1) is 27.6. The number of carbonyl (C=O) groups is 1. The fourth-order valence-corrected chi connectivity index (χ4v) is 4.41. The van der Waals surface area contributed by atoms with E-state index in [0.717, 1.165) is 24.2 Å². The quantitative estimate of drug-likeness (QED) is 0.101. The number of phenolic OH excluding ortho intramolecular Hbond substituents is 1. The second-order valence-corrected chi connectivity index (χ2v) is 10.0. The minimum atomic E-state index is -0.625. The van der Waals surface area contributed by atoms with Gasteiger partial charge in [-0.05, 0) is 67.7 Å². The van der Waals surface area contributed by atoms with Gasteiger partial charge in [0.1, 0.15) is 17.1 Å². The summed E-state index contributed by atoms with van der Waals surface area (Å²) in [5, 5.41) is 29.7. The third kappa shape index (κ3) is 6.43. The van der Waals surface area contributed by atoms with Gasteiger partial charge in [-0.2, -0.15) is 5.10 Å². The zero-order valence-corrected chi connectivity index (χ0v) is 22.7. The Kier molecular flexibility index (Phi) is 8.09. The summed E-state index contributed by atoms with van der Waals surface area (Å²) in [5.74, 6) is 0.160. The largest absolute Gasteiger partial charge is 0.508 e. The molecule has 0 bridgehead atoms. The van der Waals surface area contributed by atoms with E-state index in [2.05, 4.69) is 36.4 Å². The van der Waals surface area contributed by atoms with Crippen molar-refractivity contribution in [1.82, 2.24) is 20.4 Å². The van der Waals surface area contributed by atoms with E-state index in [0.29, 0.717) is 34.5 Å². The summed E-state index contributed by atoms with van der Waals surface area (Å²) < 4.78 is 0. The SMILES string of the molecule is CN(C)CCNCc1cccc(C(=O)Nc2n[nH]c3ccc(Nc4c(NCc5cccc(O)c5)c(=O)c4=O)cc23)c1. The third-order valence-corrected chi connectivity index (χ3v) is 6.61. The van der Waals surface area contributed by atoms with E-state index < -0.39 is 10.9 Å². The standard InChI is InChI=1S/C30H31N7O4/c1-37(2)12-11-31-16-18-5-3-7-20(13-18)30(41)34-29-23-15-21(9-10-24(23)35-36-29)33-26-25(27(39)28(26)40)32-17-19-6-4-8-22(38)14-19/h3-10,13-15,31-33,38H,11-12,16-17H2,1-2H3,(H2,34,35,36,41). The number of carbonyl (C=O) groups excluding carboxylic acids is 1. The van der Waals surface area contributed by atoms with E-state index in [1.165, 1.54) is 0 Å². The summed E-state index contributed by atoms with van der Waals surface area (Å²) in [6.07, 6.45) is 0. The Bertz CT molecular complexity index is 1770. The van der Waals surface area contributed by atoms with Crippen molar-refractivity contribution in [2.24, 2.45) is 0 Å². The summed E-state index contributed by atoms with van der Waals surface area (Å²) in [6.45, 7) is 2.67. The maximum Gasteiger partial charge on any atom is 0.256 e. The number of hydrogen-bond donors (Lipinski definition) is 6. The number of hydrogen-bond acceptors (Lipinski definition) is 9. The first-order valence-corrected chi connectivity index (χ1v) is 13.1. The van der Waals surface area contributed by atoms with Crippen molar-refractivity contribution in [2.75, 3.05) is 43.1 Å². The monoisotopic (exact) mass is 553 g/mol. The van der Waals surface area contributed by atoms with Crippen LogP contribution < -0.4 is 32.1 Å². The molecule has 41 heavy (non-hydrogen) atoms. The van der Waals surface area contributed by atoms with E-state index in [-0.39, 0.29) is 29.6 Å². The molecule has 5 aromatic rings. The number of anilines is 4. The maximum atomic E-state index is 13.1. The molecule has 0 spiro atoms. The first-order chi connectivity index (χ1) is 19.8. The topological polar surface area (TPSA) is 151 Å². The van der Waals surface area contributed by atoms with Gasteiger partial charge in [-0.1, -0.05) is 24.3 Å². The number of benzene rings is 3. The maximum absolute atomic E-state index is 13.1. The lowest BCUT2D eigenvalue weighted by Gasteiger charge is -2.15. The second-order valence-electron chi connectivity index (χ2n) is 10.0. The van der Waals surface area contributed by atoms with Crippen molar-refractivity contribution in [3.8, 4) is 5.75 Å². The lowest BCUT2D eigenvalue weighted by molar-refractivity contribution is 0.102. The van der Waals surface area contributed by atoms with Crippen LogP contribution in [0.2, 0.25) is 0 Å². The summed E-state index contributed by atoms with van der Waals surface area (Å²) in [5.41, 5.74) is 2.60. The zero-order chi connectivity index (χ0) is 28.9. The van der Waals surface area contributed by atoms with Crippen molar-refractivity contribution in [3.05, 3.63) is 104 Å². The molecular formula is C30H31N7O4. The molecule has 5 rings (SSSR count). The van der Waals surface area contributed by atoms with Crippen molar-refractivity contribution >= 4 is 39.7 Å². The van der Waals surface area contributed by atoms with Crippen LogP contribution in [0.15, 0.2) is 76.3 Å². The predicted octanol–water partition coefficient (Wildman–Crippen LogP) is 3.12. The van der Waals surface area contributed by atoms with Crippen LogP contribution in [0.25, 0.3) is 10.9 Å². The lowest BCUT2D eigenvalue weighted by atomic mass is 10.1. The molecular weight excluding hydrogens is 522 g/mol. The van der Waals surface area contributed by atoms with Gasteiger partial charge in [0.2, 0.25) is 0 Å².